The first-order valence-electron chi connectivity index (χ1n) is 10.8. The lowest BCUT2D eigenvalue weighted by Gasteiger charge is -2.15. The first-order valence-corrected chi connectivity index (χ1v) is 10.8. The Bertz CT molecular complexity index is 975. The van der Waals surface area contributed by atoms with E-state index in [1.165, 1.54) is 24.7 Å². The van der Waals surface area contributed by atoms with Crippen molar-refractivity contribution >= 4 is 17.6 Å². The van der Waals surface area contributed by atoms with Gasteiger partial charge in [0.05, 0.1) is 12.7 Å². The highest BCUT2D eigenvalue weighted by Gasteiger charge is 2.17. The highest BCUT2D eigenvalue weighted by atomic mass is 16.5. The Morgan fingerprint density at radius 3 is 2.06 bits per heavy atom. The number of methoxy groups -OCH3 is 1. The summed E-state index contributed by atoms with van der Waals surface area (Å²) in [6, 6.07) is 17.4. The van der Waals surface area contributed by atoms with Gasteiger partial charge in [0.2, 0.25) is 0 Å². The molecule has 0 aromatic heterocycles. The molecule has 3 rings (SSSR count). The largest absolute Gasteiger partial charge is 0.465 e. The molecule has 1 N–H and O–H groups in total. The van der Waals surface area contributed by atoms with Gasteiger partial charge in [-0.1, -0.05) is 30.7 Å². The maximum absolute atomic E-state index is 12.5. The zero-order valence-electron chi connectivity index (χ0n) is 17.9. The van der Waals surface area contributed by atoms with E-state index in [0.29, 0.717) is 11.3 Å². The monoisotopic (exact) mass is 416 g/mol. The van der Waals surface area contributed by atoms with Crippen LogP contribution >= 0.6 is 0 Å². The van der Waals surface area contributed by atoms with Gasteiger partial charge >= 0.3 is 5.97 Å². The highest BCUT2D eigenvalue weighted by Crippen LogP contribution is 2.26. The highest BCUT2D eigenvalue weighted by molar-refractivity contribution is 6.07. The smallest absolute Gasteiger partial charge is 0.337 e. The van der Waals surface area contributed by atoms with Crippen molar-refractivity contribution in [3.8, 4) is 6.07 Å². The number of carbonyl (C=O) groups excluding carboxylic acids is 2. The van der Waals surface area contributed by atoms with E-state index in [4.69, 9.17) is 4.74 Å². The third kappa shape index (κ3) is 6.29. The molecule has 0 heterocycles. The number of rotatable bonds is 7. The van der Waals surface area contributed by atoms with Crippen LogP contribution in [0.3, 0.4) is 0 Å². The van der Waals surface area contributed by atoms with Crippen LogP contribution in [0.25, 0.3) is 0 Å². The molecular formula is C26H28N2O3. The molecular weight excluding hydrogens is 388 g/mol. The van der Waals surface area contributed by atoms with E-state index in [9.17, 15) is 14.9 Å². The molecule has 2 aromatic rings. The standard InChI is InChI=1S/C26H28N2O3/c1-31-26(30)22-14-10-19(11-15-22)6-5-7-20-12-16-23(17-13-20)28-25(29)24(18-27)21-8-3-2-4-9-21/h10-17H,2-9H2,1H3,(H,28,29). The molecule has 5 heteroatoms. The van der Waals surface area contributed by atoms with Crippen LogP contribution in [-0.4, -0.2) is 19.0 Å². The Morgan fingerprint density at radius 1 is 0.935 bits per heavy atom. The third-order valence-electron chi connectivity index (χ3n) is 5.67. The second-order valence-electron chi connectivity index (χ2n) is 7.84. The SMILES string of the molecule is COC(=O)c1ccc(CCCc2ccc(NC(=O)C(C#N)=C3CCCCC3)cc2)cc1. The fourth-order valence-corrected chi connectivity index (χ4v) is 3.89. The average Bonchev–Trinajstić information content (AvgIpc) is 2.81. The molecule has 0 radical (unpaired) electrons. The van der Waals surface area contributed by atoms with Crippen LogP contribution in [0.4, 0.5) is 5.69 Å². The van der Waals surface area contributed by atoms with Crippen LogP contribution in [0.1, 0.15) is 60.0 Å². The van der Waals surface area contributed by atoms with E-state index in [0.717, 1.165) is 50.5 Å². The van der Waals surface area contributed by atoms with E-state index >= 15 is 0 Å². The summed E-state index contributed by atoms with van der Waals surface area (Å²) in [5.41, 5.74) is 4.90. The lowest BCUT2D eigenvalue weighted by Crippen LogP contribution is -2.16. The van der Waals surface area contributed by atoms with Gasteiger partial charge in [0.1, 0.15) is 11.6 Å². The fourth-order valence-electron chi connectivity index (χ4n) is 3.89. The Hall–Kier alpha value is -3.39. The topological polar surface area (TPSA) is 79.2 Å². The molecule has 0 atom stereocenters. The van der Waals surface area contributed by atoms with Gasteiger partial charge < -0.3 is 10.1 Å². The molecule has 1 fully saturated rings. The average molecular weight is 417 g/mol. The van der Waals surface area contributed by atoms with Gasteiger partial charge in [-0.25, -0.2) is 4.79 Å². The molecule has 0 bridgehead atoms. The number of amides is 1. The number of hydrogen-bond donors (Lipinski definition) is 1. The molecule has 31 heavy (non-hydrogen) atoms. The zero-order chi connectivity index (χ0) is 22.1. The van der Waals surface area contributed by atoms with Crippen LogP contribution in [0.15, 0.2) is 59.7 Å². The lowest BCUT2D eigenvalue weighted by atomic mass is 9.91. The number of hydrogen-bond acceptors (Lipinski definition) is 4. The first kappa shape index (κ1) is 22.3. The van der Waals surface area contributed by atoms with Crippen LogP contribution in [0, 0.1) is 11.3 Å². The Labute approximate surface area is 183 Å². The van der Waals surface area contributed by atoms with Crippen LogP contribution in [0.2, 0.25) is 0 Å². The van der Waals surface area contributed by atoms with E-state index in [1.807, 2.05) is 36.4 Å². The van der Waals surface area contributed by atoms with Crippen molar-refractivity contribution in [3.63, 3.8) is 0 Å². The Kier molecular flexibility index (Phi) is 8.00. The molecule has 160 valence electrons. The van der Waals surface area contributed by atoms with E-state index in [1.54, 1.807) is 12.1 Å². The van der Waals surface area contributed by atoms with Crippen molar-refractivity contribution in [3.05, 3.63) is 76.4 Å². The number of aryl methyl sites for hydroxylation is 2. The third-order valence-corrected chi connectivity index (χ3v) is 5.67. The second-order valence-corrected chi connectivity index (χ2v) is 7.84. The number of anilines is 1. The molecule has 1 amide bonds. The van der Waals surface area contributed by atoms with E-state index < -0.39 is 0 Å². The predicted octanol–water partition coefficient (Wildman–Crippen LogP) is 5.37. The normalized spacial score (nSPS) is 13.2. The summed E-state index contributed by atoms with van der Waals surface area (Å²) in [7, 11) is 1.38. The number of esters is 1. The quantitative estimate of drug-likeness (QED) is 0.374. The molecule has 0 spiro atoms. The van der Waals surface area contributed by atoms with Crippen LogP contribution < -0.4 is 5.32 Å². The summed E-state index contributed by atoms with van der Waals surface area (Å²) in [6.45, 7) is 0. The molecule has 1 aliphatic rings. The number of nitrogens with zero attached hydrogens (tertiary/aromatic N) is 1. The van der Waals surface area contributed by atoms with Gasteiger partial charge in [-0.2, -0.15) is 5.26 Å². The van der Waals surface area contributed by atoms with E-state index in [-0.39, 0.29) is 17.4 Å². The van der Waals surface area contributed by atoms with Crippen molar-refractivity contribution in [1.29, 1.82) is 5.26 Å². The first-order chi connectivity index (χ1) is 15.1. The number of nitrogens with one attached hydrogen (secondary N) is 1. The summed E-state index contributed by atoms with van der Waals surface area (Å²) in [5, 5.41) is 12.3. The Balaban J connectivity index is 1.50. The van der Waals surface area contributed by atoms with Gasteiger partial charge in [0.25, 0.3) is 5.91 Å². The van der Waals surface area contributed by atoms with Crippen molar-refractivity contribution in [2.45, 2.75) is 51.4 Å². The summed E-state index contributed by atoms with van der Waals surface area (Å²) >= 11 is 0. The van der Waals surface area contributed by atoms with Crippen molar-refractivity contribution in [2.24, 2.45) is 0 Å². The number of benzene rings is 2. The van der Waals surface area contributed by atoms with Gasteiger partial charge in [-0.15, -0.1) is 0 Å². The minimum atomic E-state index is -0.324. The summed E-state index contributed by atoms with van der Waals surface area (Å²) in [4.78, 5) is 24.0. The van der Waals surface area contributed by atoms with Gasteiger partial charge in [0, 0.05) is 5.69 Å². The van der Waals surface area contributed by atoms with Crippen molar-refractivity contribution in [1.82, 2.24) is 0 Å². The van der Waals surface area contributed by atoms with Crippen LogP contribution in [-0.2, 0) is 22.4 Å². The van der Waals surface area contributed by atoms with Gasteiger partial charge in [-0.3, -0.25) is 4.79 Å². The van der Waals surface area contributed by atoms with Gasteiger partial charge in [-0.05, 0) is 85.9 Å². The zero-order valence-corrected chi connectivity index (χ0v) is 17.9. The van der Waals surface area contributed by atoms with Gasteiger partial charge in [0.15, 0.2) is 0 Å². The molecule has 5 nitrogen and oxygen atoms in total. The Morgan fingerprint density at radius 2 is 1.52 bits per heavy atom. The molecule has 0 unspecified atom stereocenters. The summed E-state index contributed by atoms with van der Waals surface area (Å²) < 4.78 is 4.72. The maximum atomic E-state index is 12.5. The van der Waals surface area contributed by atoms with Crippen molar-refractivity contribution < 1.29 is 14.3 Å². The number of allylic oxidation sites excluding steroid dienone is 1. The number of nitriles is 1. The number of ether oxygens (including phenoxy) is 1. The molecule has 0 saturated heterocycles. The molecule has 1 aliphatic carbocycles. The molecule has 0 aliphatic heterocycles. The lowest BCUT2D eigenvalue weighted by molar-refractivity contribution is -0.112. The van der Waals surface area contributed by atoms with E-state index in [2.05, 4.69) is 11.4 Å². The van der Waals surface area contributed by atoms with Crippen molar-refractivity contribution in [2.75, 3.05) is 12.4 Å². The minimum absolute atomic E-state index is 0.280. The predicted molar refractivity (Wildman–Crippen MR) is 121 cm³/mol. The fraction of sp³-hybridized carbons (Fsp3) is 0.346. The summed E-state index contributed by atoms with van der Waals surface area (Å²) in [5.74, 6) is -0.627. The summed E-state index contributed by atoms with van der Waals surface area (Å²) in [6.07, 6.45) is 7.79. The molecule has 1 saturated carbocycles. The maximum Gasteiger partial charge on any atom is 0.337 e. The number of carbonyl (C=O) groups is 2. The molecule has 2 aromatic carbocycles. The van der Waals surface area contributed by atoms with Crippen LogP contribution in [0.5, 0.6) is 0 Å². The minimum Gasteiger partial charge on any atom is -0.465 e. The second kappa shape index (κ2) is 11.1.